The van der Waals surface area contributed by atoms with Crippen molar-refractivity contribution in [3.63, 3.8) is 0 Å². The lowest BCUT2D eigenvalue weighted by Gasteiger charge is -2.29. The summed E-state index contributed by atoms with van der Waals surface area (Å²) in [5.41, 5.74) is 16.0. The van der Waals surface area contributed by atoms with E-state index in [9.17, 15) is 0 Å². The number of aryl methyl sites for hydroxylation is 1. The van der Waals surface area contributed by atoms with Gasteiger partial charge in [0.05, 0.1) is 0 Å². The minimum Gasteiger partial charge on any atom is -0.327 e. The van der Waals surface area contributed by atoms with E-state index in [0.29, 0.717) is 18.5 Å². The third-order valence-electron chi connectivity index (χ3n) is 4.10. The minimum absolute atomic E-state index is 0.393. The summed E-state index contributed by atoms with van der Waals surface area (Å²) in [7, 11) is 0. The van der Waals surface area contributed by atoms with Gasteiger partial charge in [-0.3, -0.25) is 0 Å². The van der Waals surface area contributed by atoms with Crippen LogP contribution in [0, 0.1) is 12.8 Å². The van der Waals surface area contributed by atoms with Crippen molar-refractivity contribution in [3.8, 4) is 0 Å². The average Bonchev–Trinajstić information content (AvgIpc) is 2.35. The maximum atomic E-state index is 6.22. The minimum atomic E-state index is 0.393. The molecular weight excluding hydrogens is 208 g/mol. The third kappa shape index (κ3) is 3.08. The van der Waals surface area contributed by atoms with Crippen LogP contribution in [0.3, 0.4) is 0 Å². The van der Waals surface area contributed by atoms with E-state index in [4.69, 9.17) is 11.5 Å². The highest BCUT2D eigenvalue weighted by atomic mass is 14.7. The molecule has 0 bridgehead atoms. The largest absolute Gasteiger partial charge is 0.327 e. The molecule has 1 aromatic rings. The van der Waals surface area contributed by atoms with Gasteiger partial charge in [0, 0.05) is 12.6 Å². The first-order valence-corrected chi connectivity index (χ1v) is 6.74. The van der Waals surface area contributed by atoms with Crippen molar-refractivity contribution in [2.45, 2.75) is 51.6 Å². The van der Waals surface area contributed by atoms with Gasteiger partial charge in [0.15, 0.2) is 0 Å². The Kier molecular flexibility index (Phi) is 4.19. The summed E-state index contributed by atoms with van der Waals surface area (Å²) in [6, 6.07) is 6.96. The molecule has 1 saturated carbocycles. The van der Waals surface area contributed by atoms with Gasteiger partial charge in [-0.25, -0.2) is 0 Å². The van der Waals surface area contributed by atoms with Crippen molar-refractivity contribution in [1.82, 2.24) is 0 Å². The first-order valence-electron chi connectivity index (χ1n) is 6.74. The molecule has 0 spiro atoms. The van der Waals surface area contributed by atoms with Crippen molar-refractivity contribution in [1.29, 1.82) is 0 Å². The molecule has 0 radical (unpaired) electrons. The van der Waals surface area contributed by atoms with E-state index in [2.05, 4.69) is 25.1 Å². The Balaban J connectivity index is 2.11. The predicted molar refractivity (Wildman–Crippen MR) is 72.7 cm³/mol. The van der Waals surface area contributed by atoms with Crippen LogP contribution in [0.5, 0.6) is 0 Å². The van der Waals surface area contributed by atoms with Crippen LogP contribution in [0.1, 0.15) is 42.4 Å². The molecule has 0 saturated heterocycles. The molecule has 2 rings (SSSR count). The summed E-state index contributed by atoms with van der Waals surface area (Å²) in [5.74, 6) is 0.662. The van der Waals surface area contributed by atoms with Gasteiger partial charge >= 0.3 is 0 Å². The van der Waals surface area contributed by atoms with Crippen LogP contribution in [0.2, 0.25) is 0 Å². The lowest BCUT2D eigenvalue weighted by atomic mass is 9.80. The Labute approximate surface area is 104 Å². The van der Waals surface area contributed by atoms with E-state index in [1.807, 2.05) is 0 Å². The lowest BCUT2D eigenvalue weighted by molar-refractivity contribution is 0.306. The zero-order valence-corrected chi connectivity index (χ0v) is 10.8. The predicted octanol–water partition coefficient (Wildman–Crippen LogP) is 2.51. The molecule has 2 unspecified atom stereocenters. The molecule has 94 valence electrons. The van der Waals surface area contributed by atoms with Crippen molar-refractivity contribution >= 4 is 0 Å². The van der Waals surface area contributed by atoms with Gasteiger partial charge in [-0.15, -0.1) is 0 Å². The van der Waals surface area contributed by atoms with E-state index >= 15 is 0 Å². The number of rotatable bonds is 3. The van der Waals surface area contributed by atoms with E-state index in [1.165, 1.54) is 42.4 Å². The Hall–Kier alpha value is -0.860. The maximum Gasteiger partial charge on any atom is 0.0178 e. The van der Waals surface area contributed by atoms with Crippen LogP contribution in [0.15, 0.2) is 18.2 Å². The number of nitrogens with two attached hydrogens (primary N) is 2. The molecule has 2 heteroatoms. The average molecular weight is 232 g/mol. The normalized spacial score (nSPS) is 24.9. The molecule has 0 aromatic heterocycles. The van der Waals surface area contributed by atoms with Gasteiger partial charge in [-0.2, -0.15) is 0 Å². The summed E-state index contributed by atoms with van der Waals surface area (Å²) in [6.07, 6.45) is 6.25. The summed E-state index contributed by atoms with van der Waals surface area (Å²) in [6.45, 7) is 2.81. The van der Waals surface area contributed by atoms with Gasteiger partial charge in [0.25, 0.3) is 0 Å². The van der Waals surface area contributed by atoms with Gasteiger partial charge in [0.2, 0.25) is 0 Å². The van der Waals surface area contributed by atoms with Crippen molar-refractivity contribution in [3.05, 3.63) is 34.9 Å². The van der Waals surface area contributed by atoms with Gasteiger partial charge < -0.3 is 11.5 Å². The molecule has 1 aliphatic rings. The molecule has 0 heterocycles. The topological polar surface area (TPSA) is 52.0 Å². The molecule has 2 atom stereocenters. The van der Waals surface area contributed by atoms with E-state index in [0.717, 1.165) is 6.42 Å². The lowest BCUT2D eigenvalue weighted by Crippen LogP contribution is -2.34. The second kappa shape index (κ2) is 5.65. The Morgan fingerprint density at radius 1 is 1.24 bits per heavy atom. The van der Waals surface area contributed by atoms with Crippen LogP contribution in [0.25, 0.3) is 0 Å². The summed E-state index contributed by atoms with van der Waals surface area (Å²) >= 11 is 0. The molecule has 17 heavy (non-hydrogen) atoms. The Bertz CT molecular complexity index is 373. The molecule has 4 N–H and O–H groups in total. The number of hydrogen-bond acceptors (Lipinski definition) is 2. The molecule has 0 amide bonds. The summed E-state index contributed by atoms with van der Waals surface area (Å²) in [4.78, 5) is 0. The second-order valence-corrected chi connectivity index (χ2v) is 5.38. The molecule has 1 fully saturated rings. The number of benzene rings is 1. The first-order chi connectivity index (χ1) is 8.20. The summed E-state index contributed by atoms with van der Waals surface area (Å²) < 4.78 is 0. The molecule has 0 aliphatic heterocycles. The highest BCUT2D eigenvalue weighted by molar-refractivity contribution is 5.31. The number of hydrogen-bond donors (Lipinski definition) is 2. The smallest absolute Gasteiger partial charge is 0.0178 e. The summed E-state index contributed by atoms with van der Waals surface area (Å²) in [5, 5.41) is 0. The van der Waals surface area contributed by atoms with E-state index in [1.54, 1.807) is 0 Å². The second-order valence-electron chi connectivity index (χ2n) is 5.38. The Morgan fingerprint density at radius 3 is 2.71 bits per heavy atom. The van der Waals surface area contributed by atoms with Crippen LogP contribution in [0.4, 0.5) is 0 Å². The van der Waals surface area contributed by atoms with E-state index in [-0.39, 0.29) is 0 Å². The van der Waals surface area contributed by atoms with E-state index < -0.39 is 0 Å². The third-order valence-corrected chi connectivity index (χ3v) is 4.10. The van der Waals surface area contributed by atoms with Crippen LogP contribution in [-0.4, -0.2) is 6.04 Å². The van der Waals surface area contributed by atoms with Gasteiger partial charge in [0.1, 0.15) is 0 Å². The standard InChI is InChI=1S/C15H24N2/c1-11-6-7-12(10-16)8-14(11)9-13-4-2-3-5-15(13)17/h6-8,13,15H,2-5,9-10,16-17H2,1H3. The maximum absolute atomic E-state index is 6.22. The SMILES string of the molecule is Cc1ccc(CN)cc1CC1CCCCC1N. The quantitative estimate of drug-likeness (QED) is 0.841. The monoisotopic (exact) mass is 232 g/mol. The van der Waals surface area contributed by atoms with Crippen LogP contribution < -0.4 is 11.5 Å². The van der Waals surface area contributed by atoms with Crippen molar-refractivity contribution in [2.75, 3.05) is 0 Å². The Morgan fingerprint density at radius 2 is 2.00 bits per heavy atom. The molecular formula is C15H24N2. The fraction of sp³-hybridized carbons (Fsp3) is 0.600. The fourth-order valence-electron chi connectivity index (χ4n) is 2.84. The zero-order chi connectivity index (χ0) is 12.3. The first kappa shape index (κ1) is 12.6. The van der Waals surface area contributed by atoms with Crippen molar-refractivity contribution in [2.24, 2.45) is 17.4 Å². The molecule has 1 aromatic carbocycles. The van der Waals surface area contributed by atoms with Crippen molar-refractivity contribution < 1.29 is 0 Å². The van der Waals surface area contributed by atoms with Crippen LogP contribution in [-0.2, 0) is 13.0 Å². The van der Waals surface area contributed by atoms with Crippen LogP contribution >= 0.6 is 0 Å². The fourth-order valence-corrected chi connectivity index (χ4v) is 2.84. The highest BCUT2D eigenvalue weighted by Crippen LogP contribution is 2.27. The van der Waals surface area contributed by atoms with Gasteiger partial charge in [-0.1, -0.05) is 31.0 Å². The van der Waals surface area contributed by atoms with Gasteiger partial charge in [-0.05, 0) is 48.8 Å². The molecule has 2 nitrogen and oxygen atoms in total. The molecule has 1 aliphatic carbocycles. The highest BCUT2D eigenvalue weighted by Gasteiger charge is 2.22. The zero-order valence-electron chi connectivity index (χ0n) is 10.8.